The first kappa shape index (κ1) is 18.9. The van der Waals surface area contributed by atoms with Gasteiger partial charge in [0.15, 0.2) is 0 Å². The van der Waals surface area contributed by atoms with E-state index in [1.807, 2.05) is 0 Å². The minimum absolute atomic E-state index is 0.143. The maximum atomic E-state index is 12.7. The van der Waals surface area contributed by atoms with Crippen LogP contribution in [0, 0.1) is 0 Å². The summed E-state index contributed by atoms with van der Waals surface area (Å²) in [6.07, 6.45) is 5.25. The SMILES string of the molecule is O=C(NCc1cn2cc(Cl)ccc2n1)c1cccc(S(=O)(=O)N2CCCC2)c1. The predicted octanol–water partition coefficient (Wildman–Crippen LogP) is 2.70. The highest BCUT2D eigenvalue weighted by Crippen LogP contribution is 2.21. The molecule has 3 aromatic rings. The number of aromatic nitrogens is 2. The number of fused-ring (bicyclic) bond motifs is 1. The normalized spacial score (nSPS) is 15.2. The number of carbonyl (C=O) groups excluding carboxylic acids is 1. The molecule has 1 saturated heterocycles. The lowest BCUT2D eigenvalue weighted by Crippen LogP contribution is -2.28. The molecular formula is C19H19ClN4O3S. The van der Waals surface area contributed by atoms with E-state index in [-0.39, 0.29) is 17.3 Å². The molecule has 0 unspecified atom stereocenters. The fourth-order valence-electron chi connectivity index (χ4n) is 3.25. The smallest absolute Gasteiger partial charge is 0.251 e. The maximum absolute atomic E-state index is 12.7. The molecule has 1 aliphatic heterocycles. The van der Waals surface area contributed by atoms with Crippen molar-refractivity contribution < 1.29 is 13.2 Å². The standard InChI is InChI=1S/C19H19ClN4O3S/c20-15-6-7-18-22-16(13-23(18)12-15)11-21-19(25)14-4-3-5-17(10-14)28(26,27)24-8-1-2-9-24/h3-7,10,12-13H,1-2,8-9,11H2,(H,21,25). The summed E-state index contributed by atoms with van der Waals surface area (Å²) in [5, 5.41) is 3.38. The van der Waals surface area contributed by atoms with Crippen molar-refractivity contribution in [1.82, 2.24) is 19.0 Å². The second-order valence-electron chi connectivity index (χ2n) is 6.67. The van der Waals surface area contributed by atoms with Crippen molar-refractivity contribution in [2.45, 2.75) is 24.3 Å². The summed E-state index contributed by atoms with van der Waals surface area (Å²) >= 11 is 5.96. The third-order valence-corrected chi connectivity index (χ3v) is 6.81. The summed E-state index contributed by atoms with van der Waals surface area (Å²) in [6.45, 7) is 1.27. The zero-order valence-corrected chi connectivity index (χ0v) is 16.6. The molecule has 0 atom stereocenters. The minimum atomic E-state index is -3.56. The van der Waals surface area contributed by atoms with Crippen LogP contribution in [0.5, 0.6) is 0 Å². The van der Waals surface area contributed by atoms with Gasteiger partial charge in [-0.15, -0.1) is 0 Å². The van der Waals surface area contributed by atoms with Gasteiger partial charge in [-0.3, -0.25) is 4.79 Å². The van der Waals surface area contributed by atoms with Crippen LogP contribution in [0.1, 0.15) is 28.9 Å². The number of hydrogen-bond donors (Lipinski definition) is 1. The van der Waals surface area contributed by atoms with E-state index in [4.69, 9.17) is 11.6 Å². The van der Waals surface area contributed by atoms with Crippen LogP contribution < -0.4 is 5.32 Å². The Balaban J connectivity index is 1.48. The molecule has 1 N–H and O–H groups in total. The Labute approximate surface area is 168 Å². The quantitative estimate of drug-likeness (QED) is 0.690. The van der Waals surface area contributed by atoms with Crippen molar-refractivity contribution >= 4 is 33.2 Å². The zero-order valence-electron chi connectivity index (χ0n) is 15.0. The fraction of sp³-hybridized carbons (Fsp3) is 0.263. The van der Waals surface area contributed by atoms with Crippen LogP contribution in [0.25, 0.3) is 5.65 Å². The first-order valence-corrected chi connectivity index (χ1v) is 10.8. The number of pyridine rings is 1. The highest BCUT2D eigenvalue weighted by molar-refractivity contribution is 7.89. The molecule has 0 spiro atoms. The van der Waals surface area contributed by atoms with Crippen molar-refractivity contribution in [2.75, 3.05) is 13.1 Å². The maximum Gasteiger partial charge on any atom is 0.251 e. The molecule has 9 heteroatoms. The number of carbonyl (C=O) groups is 1. The highest BCUT2D eigenvalue weighted by atomic mass is 35.5. The Bertz CT molecular complexity index is 1140. The minimum Gasteiger partial charge on any atom is -0.346 e. The molecule has 1 fully saturated rings. The van der Waals surface area contributed by atoms with Gasteiger partial charge in [0.25, 0.3) is 5.91 Å². The van der Waals surface area contributed by atoms with Crippen LogP contribution in [0.3, 0.4) is 0 Å². The number of sulfonamides is 1. The lowest BCUT2D eigenvalue weighted by atomic mass is 10.2. The van der Waals surface area contributed by atoms with E-state index in [1.54, 1.807) is 41.1 Å². The Morgan fingerprint density at radius 3 is 2.71 bits per heavy atom. The first-order chi connectivity index (χ1) is 13.4. The summed E-state index contributed by atoms with van der Waals surface area (Å²) in [5.41, 5.74) is 1.70. The number of hydrogen-bond acceptors (Lipinski definition) is 4. The van der Waals surface area contributed by atoms with E-state index in [1.165, 1.54) is 16.4 Å². The molecular weight excluding hydrogens is 400 g/mol. The van der Waals surface area contributed by atoms with Crippen LogP contribution in [0.4, 0.5) is 0 Å². The first-order valence-electron chi connectivity index (χ1n) is 8.95. The molecule has 1 aromatic carbocycles. The molecule has 7 nitrogen and oxygen atoms in total. The molecule has 2 aromatic heterocycles. The second kappa shape index (κ2) is 7.54. The third-order valence-electron chi connectivity index (χ3n) is 4.69. The molecule has 1 aliphatic rings. The molecule has 0 saturated carbocycles. The van der Waals surface area contributed by atoms with Gasteiger partial charge in [-0.2, -0.15) is 4.31 Å². The van der Waals surface area contributed by atoms with E-state index in [2.05, 4.69) is 10.3 Å². The van der Waals surface area contributed by atoms with Gasteiger partial charge < -0.3 is 9.72 Å². The van der Waals surface area contributed by atoms with Crippen molar-refractivity contribution in [1.29, 1.82) is 0 Å². The number of nitrogens with zero attached hydrogens (tertiary/aromatic N) is 3. The molecule has 3 heterocycles. The summed E-state index contributed by atoms with van der Waals surface area (Å²) < 4.78 is 28.6. The largest absolute Gasteiger partial charge is 0.346 e. The Morgan fingerprint density at radius 2 is 1.93 bits per heavy atom. The van der Waals surface area contributed by atoms with Crippen LogP contribution >= 0.6 is 11.6 Å². The van der Waals surface area contributed by atoms with E-state index >= 15 is 0 Å². The topological polar surface area (TPSA) is 83.8 Å². The van der Waals surface area contributed by atoms with Gasteiger partial charge in [-0.05, 0) is 43.2 Å². The molecule has 4 rings (SSSR count). The summed E-state index contributed by atoms with van der Waals surface area (Å²) in [6, 6.07) is 9.67. The van der Waals surface area contributed by atoms with Crippen LogP contribution in [0.15, 0.2) is 53.7 Å². The van der Waals surface area contributed by atoms with Crippen LogP contribution in [0.2, 0.25) is 5.02 Å². The third kappa shape index (κ3) is 3.76. The fourth-order valence-corrected chi connectivity index (χ4v) is 4.98. The van der Waals surface area contributed by atoms with Gasteiger partial charge >= 0.3 is 0 Å². The lowest BCUT2D eigenvalue weighted by molar-refractivity contribution is 0.0950. The van der Waals surface area contributed by atoms with E-state index < -0.39 is 10.0 Å². The average Bonchev–Trinajstić information content (AvgIpc) is 3.36. The van der Waals surface area contributed by atoms with E-state index in [0.29, 0.717) is 29.4 Å². The zero-order chi connectivity index (χ0) is 19.7. The van der Waals surface area contributed by atoms with E-state index in [0.717, 1.165) is 18.5 Å². The predicted molar refractivity (Wildman–Crippen MR) is 106 cm³/mol. The number of amides is 1. The number of rotatable bonds is 5. The number of halogens is 1. The molecule has 0 radical (unpaired) electrons. The lowest BCUT2D eigenvalue weighted by Gasteiger charge is -2.16. The van der Waals surface area contributed by atoms with Crippen molar-refractivity contribution in [2.24, 2.45) is 0 Å². The van der Waals surface area contributed by atoms with Crippen molar-refractivity contribution in [3.05, 3.63) is 65.1 Å². The van der Waals surface area contributed by atoms with Gasteiger partial charge in [0.1, 0.15) is 5.65 Å². The molecule has 0 bridgehead atoms. The van der Waals surface area contributed by atoms with Crippen molar-refractivity contribution in [3.8, 4) is 0 Å². The van der Waals surface area contributed by atoms with Gasteiger partial charge in [0.05, 0.1) is 22.2 Å². The second-order valence-corrected chi connectivity index (χ2v) is 9.04. The number of imidazole rings is 1. The molecule has 1 amide bonds. The highest BCUT2D eigenvalue weighted by Gasteiger charge is 2.27. The van der Waals surface area contributed by atoms with E-state index in [9.17, 15) is 13.2 Å². The summed E-state index contributed by atoms with van der Waals surface area (Å²) in [4.78, 5) is 17.1. The van der Waals surface area contributed by atoms with Crippen LogP contribution in [-0.4, -0.2) is 41.1 Å². The molecule has 28 heavy (non-hydrogen) atoms. The van der Waals surface area contributed by atoms with Gasteiger partial charge in [0.2, 0.25) is 10.0 Å². The van der Waals surface area contributed by atoms with Gasteiger partial charge in [-0.25, -0.2) is 13.4 Å². The van der Waals surface area contributed by atoms with Gasteiger partial charge in [0, 0.05) is 31.0 Å². The number of nitrogens with one attached hydrogen (secondary N) is 1. The summed E-state index contributed by atoms with van der Waals surface area (Å²) in [7, 11) is -3.56. The Morgan fingerprint density at radius 1 is 1.14 bits per heavy atom. The van der Waals surface area contributed by atoms with Gasteiger partial charge in [-0.1, -0.05) is 17.7 Å². The number of benzene rings is 1. The molecule has 0 aliphatic carbocycles. The Hall–Kier alpha value is -2.42. The average molecular weight is 419 g/mol. The van der Waals surface area contributed by atoms with Crippen LogP contribution in [-0.2, 0) is 16.6 Å². The molecule has 146 valence electrons. The monoisotopic (exact) mass is 418 g/mol. The summed E-state index contributed by atoms with van der Waals surface area (Å²) in [5.74, 6) is -0.353. The van der Waals surface area contributed by atoms with Crippen molar-refractivity contribution in [3.63, 3.8) is 0 Å². The Kier molecular flexibility index (Phi) is 5.09.